The van der Waals surface area contributed by atoms with E-state index < -0.39 is 0 Å². The molecule has 0 aliphatic carbocycles. The molecule has 1 aromatic carbocycles. The maximum atomic E-state index is 13.7. The quantitative estimate of drug-likeness (QED) is 0.726. The number of Topliss-reactive ketones (excluding diaryl/α,β-unsaturated/α-hetero) is 1. The third-order valence-corrected chi connectivity index (χ3v) is 3.22. The monoisotopic (exact) mass is 221 g/mol. The van der Waals surface area contributed by atoms with Crippen LogP contribution in [0.25, 0.3) is 0 Å². The van der Waals surface area contributed by atoms with Crippen molar-refractivity contribution in [3.05, 3.63) is 30.1 Å². The molecular formula is C13H16FNO. The number of hydrogen-bond donors (Lipinski definition) is 0. The molecule has 0 N–H and O–H groups in total. The lowest BCUT2D eigenvalue weighted by Gasteiger charge is -2.43. The fourth-order valence-corrected chi connectivity index (χ4v) is 2.13. The number of carbonyl (C=O) groups is 1. The molecule has 0 amide bonds. The smallest absolute Gasteiger partial charge is 0.152 e. The summed E-state index contributed by atoms with van der Waals surface area (Å²) in [4.78, 5) is 13.4. The second-order valence-electron chi connectivity index (χ2n) is 4.89. The summed E-state index contributed by atoms with van der Waals surface area (Å²) in [6.07, 6.45) is 1.37. The summed E-state index contributed by atoms with van der Waals surface area (Å²) in [5.41, 5.74) is 0.372. The molecule has 0 aromatic heterocycles. The van der Waals surface area contributed by atoms with Crippen LogP contribution in [0.4, 0.5) is 10.1 Å². The number of ketones is 1. The van der Waals surface area contributed by atoms with E-state index in [0.717, 1.165) is 6.42 Å². The molecule has 86 valence electrons. The van der Waals surface area contributed by atoms with Crippen LogP contribution in [0.1, 0.15) is 26.7 Å². The maximum absolute atomic E-state index is 13.7. The van der Waals surface area contributed by atoms with Gasteiger partial charge in [0.05, 0.1) is 12.2 Å². The van der Waals surface area contributed by atoms with Gasteiger partial charge in [-0.2, -0.15) is 0 Å². The van der Waals surface area contributed by atoms with E-state index in [2.05, 4.69) is 0 Å². The minimum Gasteiger partial charge on any atom is -0.357 e. The van der Waals surface area contributed by atoms with Crippen LogP contribution in [0.2, 0.25) is 0 Å². The average molecular weight is 221 g/mol. The Morgan fingerprint density at radius 3 is 2.69 bits per heavy atom. The van der Waals surface area contributed by atoms with Crippen molar-refractivity contribution in [2.75, 3.05) is 11.4 Å². The molecule has 16 heavy (non-hydrogen) atoms. The van der Waals surface area contributed by atoms with Crippen molar-refractivity contribution < 1.29 is 9.18 Å². The Bertz CT molecular complexity index is 414. The molecule has 1 aromatic rings. The van der Waals surface area contributed by atoms with Gasteiger partial charge in [0.2, 0.25) is 0 Å². The first-order valence-corrected chi connectivity index (χ1v) is 5.54. The predicted molar refractivity (Wildman–Crippen MR) is 62.1 cm³/mol. The summed E-state index contributed by atoms with van der Waals surface area (Å²) in [6.45, 7) is 4.41. The van der Waals surface area contributed by atoms with Gasteiger partial charge < -0.3 is 4.90 Å². The van der Waals surface area contributed by atoms with Crippen molar-refractivity contribution in [1.82, 2.24) is 0 Å². The number of piperidine rings is 1. The van der Waals surface area contributed by atoms with Gasteiger partial charge in [0.25, 0.3) is 0 Å². The van der Waals surface area contributed by atoms with Crippen LogP contribution < -0.4 is 4.90 Å². The van der Waals surface area contributed by atoms with Gasteiger partial charge in [-0.3, -0.25) is 4.79 Å². The van der Waals surface area contributed by atoms with E-state index in [0.29, 0.717) is 18.7 Å². The van der Waals surface area contributed by atoms with Gasteiger partial charge in [-0.05, 0) is 32.4 Å². The minimum absolute atomic E-state index is 0.157. The molecular weight excluding hydrogens is 205 g/mol. The summed E-state index contributed by atoms with van der Waals surface area (Å²) in [5, 5.41) is 0. The van der Waals surface area contributed by atoms with E-state index >= 15 is 0 Å². The molecule has 2 rings (SSSR count). The Morgan fingerprint density at radius 1 is 1.31 bits per heavy atom. The normalized spacial score (nSPS) is 19.9. The summed E-state index contributed by atoms with van der Waals surface area (Å²) < 4.78 is 13.7. The second kappa shape index (κ2) is 3.89. The van der Waals surface area contributed by atoms with E-state index in [9.17, 15) is 9.18 Å². The van der Waals surface area contributed by atoms with Crippen molar-refractivity contribution in [1.29, 1.82) is 0 Å². The van der Waals surface area contributed by atoms with E-state index in [4.69, 9.17) is 0 Å². The maximum Gasteiger partial charge on any atom is 0.152 e. The highest BCUT2D eigenvalue weighted by Gasteiger charge is 2.34. The Kier molecular flexibility index (Phi) is 2.70. The molecule has 0 saturated carbocycles. The van der Waals surface area contributed by atoms with Gasteiger partial charge in [0, 0.05) is 12.0 Å². The zero-order valence-corrected chi connectivity index (χ0v) is 9.66. The summed E-state index contributed by atoms with van der Waals surface area (Å²) in [7, 11) is 0. The number of nitrogens with zero attached hydrogens (tertiary/aromatic N) is 1. The molecule has 0 spiro atoms. The van der Waals surface area contributed by atoms with Crippen LogP contribution in [-0.4, -0.2) is 17.9 Å². The van der Waals surface area contributed by atoms with E-state index in [-0.39, 0.29) is 17.1 Å². The molecule has 1 fully saturated rings. The van der Waals surface area contributed by atoms with Crippen LogP contribution in [0.3, 0.4) is 0 Å². The lowest BCUT2D eigenvalue weighted by molar-refractivity contribution is -0.119. The number of carbonyl (C=O) groups excluding carboxylic acids is 1. The van der Waals surface area contributed by atoms with Crippen LogP contribution in [0, 0.1) is 5.82 Å². The Balaban J connectivity index is 2.38. The zero-order valence-electron chi connectivity index (χ0n) is 9.66. The summed E-state index contributed by atoms with van der Waals surface area (Å²) in [5.74, 6) is -0.0761. The largest absolute Gasteiger partial charge is 0.357 e. The molecule has 1 aliphatic rings. The van der Waals surface area contributed by atoms with E-state index in [1.54, 1.807) is 18.2 Å². The highest BCUT2D eigenvalue weighted by atomic mass is 19.1. The number of hydrogen-bond acceptors (Lipinski definition) is 2. The number of anilines is 1. The molecule has 0 unspecified atom stereocenters. The van der Waals surface area contributed by atoms with Crippen molar-refractivity contribution >= 4 is 11.5 Å². The first-order valence-electron chi connectivity index (χ1n) is 5.54. The van der Waals surface area contributed by atoms with Crippen molar-refractivity contribution in [3.63, 3.8) is 0 Å². The predicted octanol–water partition coefficient (Wildman–Crippen LogP) is 2.77. The van der Waals surface area contributed by atoms with Crippen molar-refractivity contribution in [3.8, 4) is 0 Å². The van der Waals surface area contributed by atoms with Gasteiger partial charge >= 0.3 is 0 Å². The van der Waals surface area contributed by atoms with Crippen LogP contribution in [-0.2, 0) is 4.79 Å². The van der Waals surface area contributed by atoms with Crippen molar-refractivity contribution in [2.45, 2.75) is 32.2 Å². The van der Waals surface area contributed by atoms with Gasteiger partial charge in [0.1, 0.15) is 5.82 Å². The Morgan fingerprint density at radius 2 is 2.00 bits per heavy atom. The number of benzene rings is 1. The Hall–Kier alpha value is -1.38. The van der Waals surface area contributed by atoms with Crippen LogP contribution >= 0.6 is 0 Å². The number of rotatable bonds is 1. The fraction of sp³-hybridized carbons (Fsp3) is 0.462. The first-order chi connectivity index (χ1) is 7.50. The number of para-hydroxylation sites is 1. The molecule has 1 saturated heterocycles. The molecule has 0 bridgehead atoms. The molecule has 2 nitrogen and oxygen atoms in total. The lowest BCUT2D eigenvalue weighted by atomic mass is 9.89. The molecule has 1 aliphatic heterocycles. The van der Waals surface area contributed by atoms with Gasteiger partial charge in [-0.25, -0.2) is 4.39 Å². The van der Waals surface area contributed by atoms with Gasteiger partial charge in [0.15, 0.2) is 5.78 Å². The third-order valence-electron chi connectivity index (χ3n) is 3.22. The Labute approximate surface area is 95.1 Å². The van der Waals surface area contributed by atoms with Crippen molar-refractivity contribution in [2.24, 2.45) is 0 Å². The number of halogens is 1. The summed E-state index contributed by atoms with van der Waals surface area (Å²) >= 11 is 0. The zero-order chi connectivity index (χ0) is 11.8. The van der Waals surface area contributed by atoms with Gasteiger partial charge in [-0.15, -0.1) is 0 Å². The van der Waals surface area contributed by atoms with Gasteiger partial charge in [-0.1, -0.05) is 12.1 Å². The van der Waals surface area contributed by atoms with E-state index in [1.165, 1.54) is 6.07 Å². The fourth-order valence-electron chi connectivity index (χ4n) is 2.13. The molecule has 3 heteroatoms. The highest BCUT2D eigenvalue weighted by molar-refractivity contribution is 5.85. The van der Waals surface area contributed by atoms with Crippen LogP contribution in [0.15, 0.2) is 24.3 Å². The third kappa shape index (κ3) is 1.94. The van der Waals surface area contributed by atoms with E-state index in [1.807, 2.05) is 18.7 Å². The highest BCUT2D eigenvalue weighted by Crippen LogP contribution is 2.32. The first kappa shape index (κ1) is 11.1. The van der Waals surface area contributed by atoms with Crippen LogP contribution in [0.5, 0.6) is 0 Å². The SMILES string of the molecule is CC1(C)CCC(=O)CN1c1ccccc1F. The molecule has 0 atom stereocenters. The molecule has 0 radical (unpaired) electrons. The summed E-state index contributed by atoms with van der Waals surface area (Å²) in [6, 6.07) is 6.63. The second-order valence-corrected chi connectivity index (χ2v) is 4.89. The topological polar surface area (TPSA) is 20.3 Å². The average Bonchev–Trinajstić information content (AvgIpc) is 2.23. The minimum atomic E-state index is -0.259. The standard InChI is InChI=1S/C13H16FNO/c1-13(2)8-7-10(16)9-15(13)12-6-4-3-5-11(12)14/h3-6H,7-9H2,1-2H3. The lowest BCUT2D eigenvalue weighted by Crippen LogP contribution is -2.51. The molecule has 1 heterocycles.